The first kappa shape index (κ1) is 15.2. The van der Waals surface area contributed by atoms with Crippen LogP contribution in [0.4, 0.5) is 0 Å². The van der Waals surface area contributed by atoms with Crippen molar-refractivity contribution in [3.05, 3.63) is 0 Å². The predicted octanol–water partition coefficient (Wildman–Crippen LogP) is 2.65. The monoisotopic (exact) mass is 225 g/mol. The van der Waals surface area contributed by atoms with Crippen LogP contribution in [0.3, 0.4) is 0 Å². The molecule has 92 valence electrons. The van der Waals surface area contributed by atoms with Crippen LogP contribution in [0, 0.1) is 11.8 Å². The lowest BCUT2D eigenvalue weighted by Crippen LogP contribution is -2.16. The molecule has 3 heteroatoms. The Balaban J connectivity index is 4.49. The number of hydrogen-bond donors (Lipinski definition) is 0. The maximum absolute atomic E-state index is 5.31. The highest BCUT2D eigenvalue weighted by molar-refractivity contribution is 5.98. The summed E-state index contributed by atoms with van der Waals surface area (Å²) in [7, 11) is 0. The Kier molecular flexibility index (Phi) is 7.03. The van der Waals surface area contributed by atoms with Gasteiger partial charge in [0.2, 0.25) is 6.29 Å². The third-order valence-corrected chi connectivity index (χ3v) is 1.51. The summed E-state index contributed by atoms with van der Waals surface area (Å²) in [5.41, 5.74) is 0.711. The first-order valence-corrected chi connectivity index (χ1v) is 5.70. The second-order valence-corrected chi connectivity index (χ2v) is 4.38. The van der Waals surface area contributed by atoms with E-state index in [1.165, 1.54) is 0 Å². The number of ether oxygens (including phenoxy) is 2. The number of nitrogens with zero attached hydrogens (tertiary/aromatic N) is 1. The van der Waals surface area contributed by atoms with Crippen molar-refractivity contribution in [3.8, 4) is 11.8 Å². The number of aliphatic imine (C=N–C) groups is 1. The normalized spacial score (nSPS) is 12.6. The minimum absolute atomic E-state index is 0.0918. The van der Waals surface area contributed by atoms with E-state index in [0.717, 1.165) is 5.71 Å². The molecule has 0 aliphatic heterocycles. The van der Waals surface area contributed by atoms with Crippen molar-refractivity contribution in [1.29, 1.82) is 0 Å². The Morgan fingerprint density at radius 3 is 2.06 bits per heavy atom. The minimum atomic E-state index is -0.444. The fourth-order valence-corrected chi connectivity index (χ4v) is 1.13. The fourth-order valence-electron chi connectivity index (χ4n) is 1.13. The second kappa shape index (κ2) is 7.43. The van der Waals surface area contributed by atoms with Crippen LogP contribution in [0.1, 0.15) is 41.5 Å². The summed E-state index contributed by atoms with van der Waals surface area (Å²) in [6, 6.07) is 0. The summed E-state index contributed by atoms with van der Waals surface area (Å²) >= 11 is 0. The van der Waals surface area contributed by atoms with E-state index in [4.69, 9.17) is 9.47 Å². The zero-order chi connectivity index (χ0) is 12.6. The standard InChI is InChI=1S/C13H23NO2/c1-7-15-12(16-8-2)10-9-11(3)14-13(4,5)6/h12H,7-8H2,1-6H3/b14-11-. The molecule has 0 fully saturated rings. The van der Waals surface area contributed by atoms with Crippen molar-refractivity contribution in [2.24, 2.45) is 4.99 Å². The third-order valence-electron chi connectivity index (χ3n) is 1.51. The quantitative estimate of drug-likeness (QED) is 0.418. The highest BCUT2D eigenvalue weighted by Gasteiger charge is 2.06. The first-order valence-electron chi connectivity index (χ1n) is 5.70. The highest BCUT2D eigenvalue weighted by atomic mass is 16.7. The molecule has 0 spiro atoms. The van der Waals surface area contributed by atoms with Gasteiger partial charge in [-0.25, -0.2) is 0 Å². The molecule has 0 rings (SSSR count). The lowest BCUT2D eigenvalue weighted by atomic mass is 10.1. The summed E-state index contributed by atoms with van der Waals surface area (Å²) in [5.74, 6) is 5.88. The molecule has 0 N–H and O–H groups in total. The molecule has 0 bridgehead atoms. The van der Waals surface area contributed by atoms with Gasteiger partial charge in [0, 0.05) is 13.2 Å². The van der Waals surface area contributed by atoms with E-state index in [9.17, 15) is 0 Å². The topological polar surface area (TPSA) is 30.8 Å². The van der Waals surface area contributed by atoms with Crippen molar-refractivity contribution in [2.75, 3.05) is 13.2 Å². The minimum Gasteiger partial charge on any atom is -0.342 e. The van der Waals surface area contributed by atoms with E-state index in [1.807, 2.05) is 41.5 Å². The molecule has 0 atom stereocenters. The van der Waals surface area contributed by atoms with Gasteiger partial charge in [0.25, 0.3) is 0 Å². The van der Waals surface area contributed by atoms with Gasteiger partial charge in [0.15, 0.2) is 0 Å². The van der Waals surface area contributed by atoms with Gasteiger partial charge < -0.3 is 9.47 Å². The van der Waals surface area contributed by atoms with Crippen LogP contribution in [-0.4, -0.2) is 30.8 Å². The summed E-state index contributed by atoms with van der Waals surface area (Å²) in [4.78, 5) is 4.43. The Labute approximate surface area is 99.2 Å². The van der Waals surface area contributed by atoms with Crippen molar-refractivity contribution in [3.63, 3.8) is 0 Å². The van der Waals surface area contributed by atoms with Crippen LogP contribution in [0.2, 0.25) is 0 Å². The third kappa shape index (κ3) is 8.46. The van der Waals surface area contributed by atoms with Gasteiger partial charge >= 0.3 is 0 Å². The summed E-state index contributed by atoms with van der Waals surface area (Å²) < 4.78 is 10.6. The summed E-state index contributed by atoms with van der Waals surface area (Å²) in [6.45, 7) is 13.0. The highest BCUT2D eigenvalue weighted by Crippen LogP contribution is 2.06. The molecule has 0 aromatic carbocycles. The molecular weight excluding hydrogens is 202 g/mol. The van der Waals surface area contributed by atoms with Gasteiger partial charge in [-0.15, -0.1) is 0 Å². The molecule has 0 unspecified atom stereocenters. The average Bonchev–Trinajstić information content (AvgIpc) is 2.12. The lowest BCUT2D eigenvalue weighted by Gasteiger charge is -2.12. The van der Waals surface area contributed by atoms with Crippen molar-refractivity contribution < 1.29 is 9.47 Å². The average molecular weight is 225 g/mol. The van der Waals surface area contributed by atoms with Gasteiger partial charge in [-0.05, 0) is 53.4 Å². The Bertz CT molecular complexity index is 273. The van der Waals surface area contributed by atoms with E-state index in [2.05, 4.69) is 16.8 Å². The SMILES string of the molecule is CCOC(C#C/C(C)=N\C(C)(C)C)OCC. The molecule has 0 aliphatic rings. The Morgan fingerprint density at radius 1 is 1.19 bits per heavy atom. The maximum Gasteiger partial charge on any atom is 0.222 e. The molecule has 3 nitrogen and oxygen atoms in total. The molecule has 0 aliphatic carbocycles. The van der Waals surface area contributed by atoms with E-state index < -0.39 is 6.29 Å². The summed E-state index contributed by atoms with van der Waals surface area (Å²) in [5, 5.41) is 0. The van der Waals surface area contributed by atoms with E-state index in [0.29, 0.717) is 13.2 Å². The number of rotatable bonds is 4. The number of hydrogen-bond acceptors (Lipinski definition) is 3. The molecule has 0 saturated carbocycles. The van der Waals surface area contributed by atoms with Gasteiger partial charge in [0.05, 0.1) is 11.3 Å². The molecule has 16 heavy (non-hydrogen) atoms. The van der Waals surface area contributed by atoms with Crippen LogP contribution < -0.4 is 0 Å². The van der Waals surface area contributed by atoms with E-state index >= 15 is 0 Å². The van der Waals surface area contributed by atoms with Crippen LogP contribution in [0.25, 0.3) is 0 Å². The smallest absolute Gasteiger partial charge is 0.222 e. The van der Waals surface area contributed by atoms with Crippen LogP contribution >= 0.6 is 0 Å². The first-order chi connectivity index (χ1) is 7.39. The molecule has 0 heterocycles. The van der Waals surface area contributed by atoms with Crippen molar-refractivity contribution >= 4 is 5.71 Å². The summed E-state index contributed by atoms with van der Waals surface area (Å²) in [6.07, 6.45) is -0.444. The maximum atomic E-state index is 5.31. The largest absolute Gasteiger partial charge is 0.342 e. The Morgan fingerprint density at radius 2 is 1.69 bits per heavy atom. The molecule has 0 aromatic rings. The molecule has 0 saturated heterocycles. The predicted molar refractivity (Wildman–Crippen MR) is 67.7 cm³/mol. The zero-order valence-corrected chi connectivity index (χ0v) is 11.3. The van der Waals surface area contributed by atoms with Crippen molar-refractivity contribution in [2.45, 2.75) is 53.4 Å². The van der Waals surface area contributed by atoms with E-state index in [1.54, 1.807) is 0 Å². The zero-order valence-electron chi connectivity index (χ0n) is 11.3. The molecule has 0 amide bonds. The van der Waals surface area contributed by atoms with Crippen molar-refractivity contribution in [1.82, 2.24) is 0 Å². The van der Waals surface area contributed by atoms with Gasteiger partial charge in [-0.2, -0.15) is 0 Å². The van der Waals surface area contributed by atoms with E-state index in [-0.39, 0.29) is 5.54 Å². The van der Waals surface area contributed by atoms with Gasteiger partial charge in [0.1, 0.15) is 0 Å². The second-order valence-electron chi connectivity index (χ2n) is 4.38. The molecule has 0 radical (unpaired) electrons. The van der Waals surface area contributed by atoms with Crippen LogP contribution in [0.15, 0.2) is 4.99 Å². The Hall–Kier alpha value is -0.850. The van der Waals surface area contributed by atoms with Crippen LogP contribution in [-0.2, 0) is 9.47 Å². The van der Waals surface area contributed by atoms with Crippen LogP contribution in [0.5, 0.6) is 0 Å². The molecular formula is C13H23NO2. The van der Waals surface area contributed by atoms with Gasteiger partial charge in [-0.3, -0.25) is 4.99 Å². The molecule has 0 aromatic heterocycles. The lowest BCUT2D eigenvalue weighted by molar-refractivity contribution is -0.0969. The van der Waals surface area contributed by atoms with Gasteiger partial charge in [-0.1, -0.05) is 0 Å². The fraction of sp³-hybridized carbons (Fsp3) is 0.769.